The van der Waals surface area contributed by atoms with Gasteiger partial charge < -0.3 is 53.4 Å². The van der Waals surface area contributed by atoms with Crippen LogP contribution in [0.25, 0.3) is 0 Å². The SMILES string of the molecule is CC(C)C[C@H](NC(=O)[C@H](CC(C)C)NC(=O)[C@@H](NC(=O)[C@H](Cc1ccccc1)NC(=O)[C@H](CC(C)C)NC(=O)CNC(=O)[C@@H](NC(=O)[C@H](CC(C)C)NC(=O)[C@H](C)N)C(C)C)C(C)C)C(=O)O. The minimum atomic E-state index is -1.25. The Balaban J connectivity index is 3.31. The fourth-order valence-corrected chi connectivity index (χ4v) is 7.07. The lowest BCUT2D eigenvalue weighted by Gasteiger charge is -2.29. The van der Waals surface area contributed by atoms with E-state index in [1.165, 1.54) is 6.92 Å². The third kappa shape index (κ3) is 22.6. The van der Waals surface area contributed by atoms with E-state index in [0.717, 1.165) is 0 Å². The van der Waals surface area contributed by atoms with Gasteiger partial charge in [0.2, 0.25) is 47.3 Å². The van der Waals surface area contributed by atoms with Gasteiger partial charge in [0, 0.05) is 6.42 Å². The molecule has 1 aromatic rings. The van der Waals surface area contributed by atoms with Crippen molar-refractivity contribution >= 4 is 53.2 Å². The highest BCUT2D eigenvalue weighted by molar-refractivity contribution is 5.97. The van der Waals surface area contributed by atoms with Gasteiger partial charge in [-0.3, -0.25) is 38.4 Å². The molecular weight excluding hydrogens is 863 g/mol. The summed E-state index contributed by atoms with van der Waals surface area (Å²) in [5, 5.41) is 31.1. The van der Waals surface area contributed by atoms with Gasteiger partial charge in [-0.25, -0.2) is 4.79 Å². The molecule has 1 aromatic carbocycles. The highest BCUT2D eigenvalue weighted by Crippen LogP contribution is 2.14. The van der Waals surface area contributed by atoms with Crippen molar-refractivity contribution in [2.24, 2.45) is 41.2 Å². The van der Waals surface area contributed by atoms with Crippen molar-refractivity contribution in [3.05, 3.63) is 35.9 Å². The van der Waals surface area contributed by atoms with E-state index in [9.17, 15) is 48.3 Å². The predicted molar refractivity (Wildman–Crippen MR) is 255 cm³/mol. The first-order chi connectivity index (χ1) is 31.1. The van der Waals surface area contributed by atoms with Gasteiger partial charge in [0.05, 0.1) is 12.6 Å². The van der Waals surface area contributed by atoms with E-state index in [0.29, 0.717) is 5.56 Å². The number of carbonyl (C=O) groups excluding carboxylic acids is 8. The lowest BCUT2D eigenvalue weighted by Crippen LogP contribution is -2.60. The number of carboxylic acid groups (broad SMARTS) is 1. The van der Waals surface area contributed by atoms with Crippen LogP contribution in [0.5, 0.6) is 0 Å². The molecule has 378 valence electrons. The van der Waals surface area contributed by atoms with Crippen LogP contribution in [0.15, 0.2) is 30.3 Å². The van der Waals surface area contributed by atoms with E-state index in [2.05, 4.69) is 42.5 Å². The molecule has 19 nitrogen and oxygen atoms in total. The number of benzene rings is 1. The molecule has 67 heavy (non-hydrogen) atoms. The van der Waals surface area contributed by atoms with Gasteiger partial charge in [0.1, 0.15) is 42.3 Å². The molecule has 11 N–H and O–H groups in total. The van der Waals surface area contributed by atoms with Crippen molar-refractivity contribution in [1.29, 1.82) is 0 Å². The summed E-state index contributed by atoms with van der Waals surface area (Å²) in [4.78, 5) is 120. The molecule has 0 bridgehead atoms. The van der Waals surface area contributed by atoms with Crippen molar-refractivity contribution in [2.75, 3.05) is 6.54 Å². The van der Waals surface area contributed by atoms with Gasteiger partial charge in [-0.1, -0.05) is 113 Å². The predicted octanol–water partition coefficient (Wildman–Crippen LogP) is 1.67. The average molecular weight is 944 g/mol. The Bertz CT molecular complexity index is 1800. The molecule has 0 aliphatic heterocycles. The second-order valence-corrected chi connectivity index (χ2v) is 19.9. The Labute approximate surface area is 397 Å². The van der Waals surface area contributed by atoms with Gasteiger partial charge in [0.25, 0.3) is 0 Å². The number of hydrogen-bond acceptors (Lipinski definition) is 10. The fourth-order valence-electron chi connectivity index (χ4n) is 7.07. The Kier molecular flexibility index (Phi) is 25.9. The second-order valence-electron chi connectivity index (χ2n) is 19.9. The first-order valence-electron chi connectivity index (χ1n) is 23.5. The number of aliphatic carboxylic acids is 1. The summed E-state index contributed by atoms with van der Waals surface area (Å²) < 4.78 is 0. The smallest absolute Gasteiger partial charge is 0.326 e. The lowest BCUT2D eigenvalue weighted by molar-refractivity contribution is -0.143. The van der Waals surface area contributed by atoms with E-state index >= 15 is 0 Å². The van der Waals surface area contributed by atoms with Crippen molar-refractivity contribution in [3.63, 3.8) is 0 Å². The van der Waals surface area contributed by atoms with Crippen molar-refractivity contribution < 1.29 is 48.3 Å². The van der Waals surface area contributed by atoms with E-state index in [-0.39, 0.29) is 55.8 Å². The molecular formula is C48H81N9O10. The largest absolute Gasteiger partial charge is 0.480 e. The standard InChI is InChI=1S/C48H81N9O10/c1-25(2)19-33(51-38(58)24-50-46(64)39(29(9)10)56-44(62)35(21-27(5)6)52-41(59)31(13)49)42(60)53-36(23-32-17-15-14-16-18-32)45(63)57-40(30(11)12)47(65)54-34(20-26(3)4)43(61)55-37(48(66)67)22-28(7)8/h14-18,25-31,33-37,39-40H,19-24,49H2,1-13H3,(H,50,64)(H,51,58)(H,52,59)(H,53,60)(H,54,65)(H,55,61)(H,56,62)(H,57,63)(H,66,67)/t31-,33-,34-,35-,36-,37-,39-,40-/m0/s1. The summed E-state index contributed by atoms with van der Waals surface area (Å²) in [6.45, 7) is 22.5. The molecule has 0 saturated heterocycles. The highest BCUT2D eigenvalue weighted by Gasteiger charge is 2.35. The molecule has 19 heteroatoms. The molecule has 0 aromatic heterocycles. The summed E-state index contributed by atoms with van der Waals surface area (Å²) in [7, 11) is 0. The van der Waals surface area contributed by atoms with E-state index in [4.69, 9.17) is 5.73 Å². The Hall–Kier alpha value is -5.59. The number of nitrogens with one attached hydrogen (secondary N) is 8. The Morgan fingerprint density at radius 1 is 0.448 bits per heavy atom. The van der Waals surface area contributed by atoms with Gasteiger partial charge in [-0.15, -0.1) is 0 Å². The topological polar surface area (TPSA) is 296 Å². The summed E-state index contributed by atoms with van der Waals surface area (Å²) in [5.74, 6) is -7.58. The zero-order valence-electron chi connectivity index (χ0n) is 41.9. The molecule has 0 unspecified atom stereocenters. The number of rotatable bonds is 29. The van der Waals surface area contributed by atoms with Crippen LogP contribution in [-0.2, 0) is 49.6 Å². The van der Waals surface area contributed by atoms with Crippen LogP contribution in [-0.4, -0.2) is 113 Å². The maximum atomic E-state index is 14.2. The van der Waals surface area contributed by atoms with Gasteiger partial charge >= 0.3 is 5.97 Å². The molecule has 0 aliphatic carbocycles. The van der Waals surface area contributed by atoms with Crippen molar-refractivity contribution in [3.8, 4) is 0 Å². The van der Waals surface area contributed by atoms with Crippen molar-refractivity contribution in [1.82, 2.24) is 42.5 Å². The third-order valence-corrected chi connectivity index (χ3v) is 10.6. The van der Waals surface area contributed by atoms with Crippen LogP contribution < -0.4 is 48.3 Å². The number of carbonyl (C=O) groups is 9. The van der Waals surface area contributed by atoms with E-state index < -0.39 is 120 Å². The van der Waals surface area contributed by atoms with Crippen LogP contribution >= 0.6 is 0 Å². The number of nitrogens with two attached hydrogens (primary N) is 1. The maximum Gasteiger partial charge on any atom is 0.326 e. The first kappa shape index (κ1) is 59.4. The van der Waals surface area contributed by atoms with Crippen LogP contribution in [0.2, 0.25) is 0 Å². The molecule has 8 atom stereocenters. The van der Waals surface area contributed by atoms with Crippen LogP contribution in [0.3, 0.4) is 0 Å². The second kappa shape index (κ2) is 29.2. The zero-order valence-corrected chi connectivity index (χ0v) is 41.9. The van der Waals surface area contributed by atoms with Gasteiger partial charge in [0.15, 0.2) is 0 Å². The molecule has 0 saturated carbocycles. The average Bonchev–Trinajstić information content (AvgIpc) is 3.21. The Morgan fingerprint density at radius 2 is 0.806 bits per heavy atom. The first-order valence-corrected chi connectivity index (χ1v) is 23.5. The quantitative estimate of drug-likeness (QED) is 0.0551. The lowest BCUT2D eigenvalue weighted by atomic mass is 9.98. The highest BCUT2D eigenvalue weighted by atomic mass is 16.4. The summed E-state index contributed by atoms with van der Waals surface area (Å²) in [6, 6.07) is 0.0928. The fraction of sp³-hybridized carbons (Fsp3) is 0.688. The van der Waals surface area contributed by atoms with E-state index in [1.54, 1.807) is 58.0 Å². The normalized spacial score (nSPS) is 15.1. The summed E-state index contributed by atoms with van der Waals surface area (Å²) in [5.41, 5.74) is 6.38. The Morgan fingerprint density at radius 3 is 1.22 bits per heavy atom. The molecule has 0 heterocycles. The van der Waals surface area contributed by atoms with Gasteiger partial charge in [-0.2, -0.15) is 0 Å². The maximum absolute atomic E-state index is 14.2. The third-order valence-electron chi connectivity index (χ3n) is 10.6. The number of amides is 8. The summed E-state index contributed by atoms with van der Waals surface area (Å²) in [6.07, 6.45) is 0.808. The minimum Gasteiger partial charge on any atom is -0.480 e. The molecule has 0 aliphatic rings. The molecule has 0 fully saturated rings. The molecule has 8 amide bonds. The van der Waals surface area contributed by atoms with Crippen LogP contribution in [0.4, 0.5) is 0 Å². The van der Waals surface area contributed by atoms with Crippen molar-refractivity contribution in [2.45, 2.75) is 170 Å². The van der Waals surface area contributed by atoms with Gasteiger partial charge in [-0.05, 0) is 73.7 Å². The minimum absolute atomic E-state index is 0.00330. The van der Waals surface area contributed by atoms with Crippen LogP contribution in [0, 0.1) is 35.5 Å². The van der Waals surface area contributed by atoms with Crippen LogP contribution in [0.1, 0.15) is 121 Å². The molecule has 0 spiro atoms. The molecule has 0 radical (unpaired) electrons. The number of carboxylic acids is 1. The van der Waals surface area contributed by atoms with E-state index in [1.807, 2.05) is 55.4 Å². The molecule has 1 rings (SSSR count). The summed E-state index contributed by atoms with van der Waals surface area (Å²) >= 11 is 0. The monoisotopic (exact) mass is 944 g/mol. The number of hydrogen-bond donors (Lipinski definition) is 10. The zero-order chi connectivity index (χ0) is 51.3.